The molecule has 1 amide bonds. The van der Waals surface area contributed by atoms with Crippen LogP contribution in [0.5, 0.6) is 0 Å². The minimum absolute atomic E-state index is 0.00869. The molecule has 0 radical (unpaired) electrons. The average molecular weight is 200 g/mol. The van der Waals surface area contributed by atoms with E-state index in [0.717, 1.165) is 0 Å². The molecule has 0 unspecified atom stereocenters. The second-order valence-corrected chi connectivity index (χ2v) is 3.61. The summed E-state index contributed by atoms with van der Waals surface area (Å²) in [6.07, 6.45) is 0.0605. The van der Waals surface area contributed by atoms with Gasteiger partial charge < -0.3 is 15.3 Å². The molecular formula is C9H16N2O3. The summed E-state index contributed by atoms with van der Waals surface area (Å²) in [6, 6.07) is -0.178. The van der Waals surface area contributed by atoms with Crippen LogP contribution in [0, 0.1) is 0 Å². The molecule has 80 valence electrons. The molecular weight excluding hydrogens is 184 g/mol. The molecule has 1 rings (SSSR count). The molecule has 0 aromatic rings. The van der Waals surface area contributed by atoms with Crippen LogP contribution in [-0.2, 0) is 9.59 Å². The highest BCUT2D eigenvalue weighted by Gasteiger charge is 2.30. The lowest BCUT2D eigenvalue weighted by Crippen LogP contribution is -2.58. The van der Waals surface area contributed by atoms with E-state index in [-0.39, 0.29) is 24.4 Å². The number of aliphatic carboxylic acids is 1. The topological polar surface area (TPSA) is 69.6 Å². The summed E-state index contributed by atoms with van der Waals surface area (Å²) in [6.45, 7) is 4.72. The third-order valence-corrected chi connectivity index (χ3v) is 2.63. The number of carboxylic acids is 1. The number of nitrogens with one attached hydrogen (secondary N) is 1. The molecule has 0 aromatic heterocycles. The molecule has 1 saturated heterocycles. The Hall–Kier alpha value is -1.10. The van der Waals surface area contributed by atoms with Gasteiger partial charge in [-0.2, -0.15) is 0 Å². The van der Waals surface area contributed by atoms with Crippen molar-refractivity contribution in [3.05, 3.63) is 0 Å². The van der Waals surface area contributed by atoms with E-state index in [1.165, 1.54) is 6.92 Å². The van der Waals surface area contributed by atoms with Crippen LogP contribution < -0.4 is 5.32 Å². The summed E-state index contributed by atoms with van der Waals surface area (Å²) in [5.41, 5.74) is 0. The number of hydrogen-bond acceptors (Lipinski definition) is 3. The van der Waals surface area contributed by atoms with Crippen molar-refractivity contribution in [2.75, 3.05) is 13.1 Å². The van der Waals surface area contributed by atoms with Crippen molar-refractivity contribution in [2.45, 2.75) is 32.4 Å². The first-order valence-corrected chi connectivity index (χ1v) is 4.74. The van der Waals surface area contributed by atoms with Gasteiger partial charge in [0, 0.05) is 32.1 Å². The second kappa shape index (κ2) is 4.41. The van der Waals surface area contributed by atoms with E-state index in [1.807, 2.05) is 6.92 Å². The summed E-state index contributed by atoms with van der Waals surface area (Å²) >= 11 is 0. The van der Waals surface area contributed by atoms with Crippen molar-refractivity contribution < 1.29 is 14.7 Å². The number of carboxylic acid groups (broad SMARTS) is 1. The normalized spacial score (nSPS) is 27.4. The van der Waals surface area contributed by atoms with Gasteiger partial charge in [0.25, 0.3) is 0 Å². The van der Waals surface area contributed by atoms with Gasteiger partial charge in [-0.3, -0.25) is 9.59 Å². The highest BCUT2D eigenvalue weighted by Crippen LogP contribution is 2.12. The van der Waals surface area contributed by atoms with E-state index in [9.17, 15) is 9.59 Å². The van der Waals surface area contributed by atoms with Crippen molar-refractivity contribution in [1.29, 1.82) is 0 Å². The summed E-state index contributed by atoms with van der Waals surface area (Å²) in [5.74, 6) is -0.825. The predicted molar refractivity (Wildman–Crippen MR) is 50.9 cm³/mol. The van der Waals surface area contributed by atoms with Crippen LogP contribution in [-0.4, -0.2) is 47.1 Å². The fourth-order valence-corrected chi connectivity index (χ4v) is 1.84. The summed E-state index contributed by atoms with van der Waals surface area (Å²) in [7, 11) is 0. The van der Waals surface area contributed by atoms with Crippen molar-refractivity contribution >= 4 is 11.9 Å². The molecule has 1 heterocycles. The lowest BCUT2D eigenvalue weighted by atomic mass is 10.0. The highest BCUT2D eigenvalue weighted by atomic mass is 16.4. The van der Waals surface area contributed by atoms with E-state index in [1.54, 1.807) is 4.90 Å². The zero-order chi connectivity index (χ0) is 10.7. The van der Waals surface area contributed by atoms with Crippen molar-refractivity contribution in [2.24, 2.45) is 0 Å². The minimum Gasteiger partial charge on any atom is -0.481 e. The van der Waals surface area contributed by atoms with Crippen LogP contribution in [0.3, 0.4) is 0 Å². The first-order chi connectivity index (χ1) is 6.52. The Kier molecular flexibility index (Phi) is 3.46. The monoisotopic (exact) mass is 200 g/mol. The van der Waals surface area contributed by atoms with Crippen LogP contribution in [0.1, 0.15) is 20.3 Å². The fourth-order valence-electron chi connectivity index (χ4n) is 1.84. The van der Waals surface area contributed by atoms with Gasteiger partial charge in [0.15, 0.2) is 0 Å². The number of amides is 1. The molecule has 1 aliphatic rings. The maximum absolute atomic E-state index is 11.2. The Balaban J connectivity index is 2.61. The maximum Gasteiger partial charge on any atom is 0.305 e. The lowest BCUT2D eigenvalue weighted by Gasteiger charge is -2.39. The van der Waals surface area contributed by atoms with E-state index in [4.69, 9.17) is 5.11 Å². The van der Waals surface area contributed by atoms with Gasteiger partial charge in [0.2, 0.25) is 5.91 Å². The average Bonchev–Trinajstić information content (AvgIpc) is 2.07. The molecule has 0 spiro atoms. The first kappa shape index (κ1) is 11.0. The van der Waals surface area contributed by atoms with Crippen LogP contribution in [0.25, 0.3) is 0 Å². The molecule has 2 N–H and O–H groups in total. The van der Waals surface area contributed by atoms with E-state index in [2.05, 4.69) is 5.32 Å². The quantitative estimate of drug-likeness (QED) is 0.640. The van der Waals surface area contributed by atoms with Crippen molar-refractivity contribution in [3.8, 4) is 0 Å². The van der Waals surface area contributed by atoms with E-state index in [0.29, 0.717) is 13.1 Å². The largest absolute Gasteiger partial charge is 0.481 e. The Labute approximate surface area is 83.1 Å². The molecule has 0 bridgehead atoms. The van der Waals surface area contributed by atoms with Gasteiger partial charge in [-0.15, -0.1) is 0 Å². The zero-order valence-electron chi connectivity index (χ0n) is 8.49. The first-order valence-electron chi connectivity index (χ1n) is 4.74. The Morgan fingerprint density at radius 2 is 2.21 bits per heavy atom. The molecule has 1 fully saturated rings. The SMILES string of the molecule is CC(=O)N1CCN[C@H](CC(=O)O)[C@H]1C. The summed E-state index contributed by atoms with van der Waals surface area (Å²) < 4.78 is 0. The second-order valence-electron chi connectivity index (χ2n) is 3.61. The molecule has 5 nitrogen and oxygen atoms in total. The third kappa shape index (κ3) is 2.45. The number of piperazine rings is 1. The fraction of sp³-hybridized carbons (Fsp3) is 0.778. The number of hydrogen-bond donors (Lipinski definition) is 2. The molecule has 0 saturated carbocycles. The molecule has 0 aliphatic carbocycles. The number of rotatable bonds is 2. The molecule has 2 atom stereocenters. The van der Waals surface area contributed by atoms with Crippen molar-refractivity contribution in [3.63, 3.8) is 0 Å². The standard InChI is InChI=1S/C9H16N2O3/c1-6-8(5-9(13)14)10-3-4-11(6)7(2)12/h6,8,10H,3-5H2,1-2H3,(H,13,14)/t6-,8-/m1/s1. The van der Waals surface area contributed by atoms with Gasteiger partial charge in [0.05, 0.1) is 6.42 Å². The minimum atomic E-state index is -0.834. The number of carbonyl (C=O) groups excluding carboxylic acids is 1. The van der Waals surface area contributed by atoms with Crippen LogP contribution in [0.15, 0.2) is 0 Å². The Morgan fingerprint density at radius 1 is 1.57 bits per heavy atom. The van der Waals surface area contributed by atoms with Crippen molar-refractivity contribution in [1.82, 2.24) is 10.2 Å². The van der Waals surface area contributed by atoms with Gasteiger partial charge >= 0.3 is 5.97 Å². The zero-order valence-corrected chi connectivity index (χ0v) is 8.49. The number of carbonyl (C=O) groups is 2. The lowest BCUT2D eigenvalue weighted by molar-refractivity contribution is -0.140. The van der Waals surface area contributed by atoms with E-state index < -0.39 is 5.97 Å². The van der Waals surface area contributed by atoms with Crippen LogP contribution >= 0.6 is 0 Å². The Bertz CT molecular complexity index is 242. The highest BCUT2D eigenvalue weighted by molar-refractivity contribution is 5.74. The smallest absolute Gasteiger partial charge is 0.305 e. The number of nitrogens with zero attached hydrogens (tertiary/aromatic N) is 1. The van der Waals surface area contributed by atoms with Gasteiger partial charge in [0.1, 0.15) is 0 Å². The predicted octanol–water partition coefficient (Wildman–Crippen LogP) is -0.330. The van der Waals surface area contributed by atoms with E-state index >= 15 is 0 Å². The third-order valence-electron chi connectivity index (χ3n) is 2.63. The molecule has 14 heavy (non-hydrogen) atoms. The molecule has 5 heteroatoms. The summed E-state index contributed by atoms with van der Waals surface area (Å²) in [5, 5.41) is 11.8. The van der Waals surface area contributed by atoms with Gasteiger partial charge in [-0.25, -0.2) is 0 Å². The van der Waals surface area contributed by atoms with Crippen LogP contribution in [0.4, 0.5) is 0 Å². The maximum atomic E-state index is 11.2. The molecule has 0 aromatic carbocycles. The molecule has 1 aliphatic heterocycles. The van der Waals surface area contributed by atoms with Crippen LogP contribution in [0.2, 0.25) is 0 Å². The van der Waals surface area contributed by atoms with Gasteiger partial charge in [-0.05, 0) is 6.92 Å². The Morgan fingerprint density at radius 3 is 2.71 bits per heavy atom. The van der Waals surface area contributed by atoms with Gasteiger partial charge in [-0.1, -0.05) is 0 Å². The summed E-state index contributed by atoms with van der Waals surface area (Å²) in [4.78, 5) is 23.4.